The van der Waals surface area contributed by atoms with Gasteiger partial charge in [0.15, 0.2) is 6.29 Å². The molecule has 0 amide bonds. The van der Waals surface area contributed by atoms with Crippen molar-refractivity contribution in [1.29, 1.82) is 0 Å². The van der Waals surface area contributed by atoms with E-state index in [0.717, 1.165) is 0 Å². The highest BCUT2D eigenvalue weighted by Crippen LogP contribution is 2.22. The highest BCUT2D eigenvalue weighted by molar-refractivity contribution is 5.79. The average Bonchev–Trinajstić information content (AvgIpc) is 2.28. The number of carbonyl (C=O) groups is 2. The van der Waals surface area contributed by atoms with E-state index in [9.17, 15) is 14.7 Å². The van der Waals surface area contributed by atoms with Gasteiger partial charge in [0.1, 0.15) is 11.5 Å². The Labute approximate surface area is 98.6 Å². The van der Waals surface area contributed by atoms with Gasteiger partial charge in [-0.1, -0.05) is 0 Å². The molecule has 0 fully saturated rings. The number of phenolic OH excluding ortho intramolecular Hbond substituents is 1. The lowest BCUT2D eigenvalue weighted by atomic mass is 10.2. The van der Waals surface area contributed by atoms with Crippen molar-refractivity contribution in [3.05, 3.63) is 23.8 Å². The van der Waals surface area contributed by atoms with Crippen LogP contribution in [-0.4, -0.2) is 29.1 Å². The number of hydrogen-bond acceptors (Lipinski definition) is 4. The molecule has 0 spiro atoms. The van der Waals surface area contributed by atoms with Gasteiger partial charge in [0.25, 0.3) is 0 Å². The van der Waals surface area contributed by atoms with E-state index >= 15 is 0 Å². The number of hydrogen-bond donors (Lipinski definition) is 2. The number of ether oxygens (including phenoxy) is 1. The minimum Gasteiger partial charge on any atom is -0.507 e. The summed E-state index contributed by atoms with van der Waals surface area (Å²) < 4.78 is 5.30. The highest BCUT2D eigenvalue weighted by Gasteiger charge is 2.02. The fourth-order valence-corrected chi connectivity index (χ4v) is 1.28. The summed E-state index contributed by atoms with van der Waals surface area (Å²) in [5.41, 5.74) is 0.211. The number of aldehydes is 1. The van der Waals surface area contributed by atoms with Crippen LogP contribution in [0, 0.1) is 0 Å². The Balaban J connectivity index is 2.34. The van der Waals surface area contributed by atoms with Crippen molar-refractivity contribution in [1.82, 2.24) is 0 Å². The predicted molar refractivity (Wildman–Crippen MR) is 60.5 cm³/mol. The van der Waals surface area contributed by atoms with Crippen LogP contribution in [0.2, 0.25) is 0 Å². The molecule has 0 unspecified atom stereocenters. The molecule has 0 radical (unpaired) electrons. The number of carbonyl (C=O) groups excluding carboxylic acids is 1. The van der Waals surface area contributed by atoms with Crippen molar-refractivity contribution in [2.24, 2.45) is 0 Å². The van der Waals surface area contributed by atoms with Crippen molar-refractivity contribution in [3.8, 4) is 11.5 Å². The Kier molecular flexibility index (Phi) is 5.00. The second-order valence-corrected chi connectivity index (χ2v) is 3.54. The second kappa shape index (κ2) is 6.52. The first-order valence-electron chi connectivity index (χ1n) is 5.26. The van der Waals surface area contributed by atoms with E-state index in [0.29, 0.717) is 31.5 Å². The van der Waals surface area contributed by atoms with Crippen LogP contribution in [-0.2, 0) is 4.79 Å². The maximum Gasteiger partial charge on any atom is 0.303 e. The molecule has 2 N–H and O–H groups in total. The molecular weight excluding hydrogens is 224 g/mol. The molecule has 5 nitrogen and oxygen atoms in total. The van der Waals surface area contributed by atoms with Gasteiger partial charge >= 0.3 is 5.97 Å². The van der Waals surface area contributed by atoms with E-state index in [1.807, 2.05) is 0 Å². The van der Waals surface area contributed by atoms with Gasteiger partial charge in [-0.15, -0.1) is 0 Å². The lowest BCUT2D eigenvalue weighted by Crippen LogP contribution is -2.00. The highest BCUT2D eigenvalue weighted by atomic mass is 16.5. The molecular formula is C12H14O5. The Morgan fingerprint density at radius 1 is 1.35 bits per heavy atom. The van der Waals surface area contributed by atoms with Gasteiger partial charge in [0.05, 0.1) is 12.2 Å². The van der Waals surface area contributed by atoms with Crippen molar-refractivity contribution < 1.29 is 24.5 Å². The molecule has 92 valence electrons. The maximum atomic E-state index is 10.4. The van der Waals surface area contributed by atoms with Crippen LogP contribution in [0.25, 0.3) is 0 Å². The smallest absolute Gasteiger partial charge is 0.303 e. The third kappa shape index (κ3) is 4.55. The largest absolute Gasteiger partial charge is 0.507 e. The van der Waals surface area contributed by atoms with Crippen molar-refractivity contribution in [2.75, 3.05) is 6.61 Å². The summed E-state index contributed by atoms with van der Waals surface area (Å²) in [6.45, 7) is 0.382. The van der Waals surface area contributed by atoms with E-state index in [1.165, 1.54) is 12.1 Å². The first-order valence-corrected chi connectivity index (χ1v) is 5.26. The van der Waals surface area contributed by atoms with Crippen LogP contribution in [0.5, 0.6) is 11.5 Å². The van der Waals surface area contributed by atoms with E-state index < -0.39 is 5.97 Å². The van der Waals surface area contributed by atoms with Crippen LogP contribution in [0.3, 0.4) is 0 Å². The zero-order valence-electron chi connectivity index (χ0n) is 9.26. The number of aliphatic carboxylic acids is 1. The first-order chi connectivity index (χ1) is 8.13. The Morgan fingerprint density at radius 3 is 2.71 bits per heavy atom. The summed E-state index contributed by atoms with van der Waals surface area (Å²) in [7, 11) is 0. The molecule has 0 saturated heterocycles. The molecule has 0 heterocycles. The molecule has 1 aromatic carbocycles. The van der Waals surface area contributed by atoms with Gasteiger partial charge < -0.3 is 14.9 Å². The Bertz CT molecular complexity index is 400. The molecule has 5 heteroatoms. The molecule has 1 rings (SSSR count). The summed E-state index contributed by atoms with van der Waals surface area (Å²) >= 11 is 0. The number of carboxylic acid groups (broad SMARTS) is 1. The van der Waals surface area contributed by atoms with Crippen LogP contribution >= 0.6 is 0 Å². The first kappa shape index (κ1) is 13.0. The number of rotatable bonds is 7. The quantitative estimate of drug-likeness (QED) is 0.559. The fraction of sp³-hybridized carbons (Fsp3) is 0.333. The van der Waals surface area contributed by atoms with Crippen LogP contribution < -0.4 is 4.74 Å². The Hall–Kier alpha value is -2.04. The second-order valence-electron chi connectivity index (χ2n) is 3.54. The van der Waals surface area contributed by atoms with Gasteiger partial charge in [-0.3, -0.25) is 9.59 Å². The predicted octanol–water partition coefficient (Wildman–Crippen LogP) is 1.84. The zero-order chi connectivity index (χ0) is 12.7. The number of carboxylic acids is 1. The lowest BCUT2D eigenvalue weighted by molar-refractivity contribution is -0.137. The molecule has 0 aromatic heterocycles. The summed E-state index contributed by atoms with van der Waals surface area (Å²) in [5, 5.41) is 17.8. The summed E-state index contributed by atoms with van der Waals surface area (Å²) in [6.07, 6.45) is 1.86. The van der Waals surface area contributed by atoms with E-state index in [1.54, 1.807) is 6.07 Å². The van der Waals surface area contributed by atoms with Crippen molar-refractivity contribution in [2.45, 2.75) is 19.3 Å². The molecule has 0 atom stereocenters. The minimum atomic E-state index is -0.821. The molecule has 0 aliphatic rings. The monoisotopic (exact) mass is 238 g/mol. The molecule has 17 heavy (non-hydrogen) atoms. The lowest BCUT2D eigenvalue weighted by Gasteiger charge is -2.06. The molecule has 0 aliphatic heterocycles. The van der Waals surface area contributed by atoms with E-state index in [2.05, 4.69) is 0 Å². The zero-order valence-corrected chi connectivity index (χ0v) is 9.26. The molecule has 1 aromatic rings. The van der Waals surface area contributed by atoms with Crippen molar-refractivity contribution >= 4 is 12.3 Å². The van der Waals surface area contributed by atoms with Crippen LogP contribution in [0.1, 0.15) is 29.6 Å². The van der Waals surface area contributed by atoms with Gasteiger partial charge in [-0.25, -0.2) is 0 Å². The minimum absolute atomic E-state index is 0.122. The van der Waals surface area contributed by atoms with Gasteiger partial charge in [0, 0.05) is 12.5 Å². The topological polar surface area (TPSA) is 83.8 Å². The standard InChI is InChI=1S/C12H14O5/c13-8-9-4-5-10(7-11(9)14)17-6-2-1-3-12(15)16/h4-5,7-8,14H,1-3,6H2,(H,15,16). The van der Waals surface area contributed by atoms with Gasteiger partial charge in [-0.2, -0.15) is 0 Å². The van der Waals surface area contributed by atoms with E-state index in [-0.39, 0.29) is 17.7 Å². The SMILES string of the molecule is O=Cc1ccc(OCCCCC(=O)O)cc1O. The third-order valence-corrected chi connectivity index (χ3v) is 2.18. The number of aromatic hydroxyl groups is 1. The Morgan fingerprint density at radius 2 is 2.12 bits per heavy atom. The summed E-state index contributed by atoms with van der Waals surface area (Å²) in [5.74, 6) is -0.482. The third-order valence-electron chi connectivity index (χ3n) is 2.18. The fourth-order valence-electron chi connectivity index (χ4n) is 1.28. The number of unbranched alkanes of at least 4 members (excludes halogenated alkanes) is 1. The van der Waals surface area contributed by atoms with Crippen LogP contribution in [0.4, 0.5) is 0 Å². The molecule has 0 aliphatic carbocycles. The normalized spacial score (nSPS) is 9.88. The molecule has 0 bridgehead atoms. The number of phenols is 1. The maximum absolute atomic E-state index is 10.4. The van der Waals surface area contributed by atoms with Gasteiger partial charge in [0.2, 0.25) is 0 Å². The summed E-state index contributed by atoms with van der Waals surface area (Å²) in [6, 6.07) is 4.41. The van der Waals surface area contributed by atoms with E-state index in [4.69, 9.17) is 9.84 Å². The van der Waals surface area contributed by atoms with Crippen molar-refractivity contribution in [3.63, 3.8) is 0 Å². The number of benzene rings is 1. The van der Waals surface area contributed by atoms with Gasteiger partial charge in [-0.05, 0) is 25.0 Å². The van der Waals surface area contributed by atoms with Crippen LogP contribution in [0.15, 0.2) is 18.2 Å². The summed E-state index contributed by atoms with van der Waals surface area (Å²) in [4.78, 5) is 20.7. The average molecular weight is 238 g/mol. The molecule has 0 saturated carbocycles.